The first-order valence-electron chi connectivity index (χ1n) is 8.99. The molecule has 1 aliphatic rings. The lowest BCUT2D eigenvalue weighted by Gasteiger charge is -2.28. The summed E-state index contributed by atoms with van der Waals surface area (Å²) in [6, 6.07) is 8.20. The second-order valence-electron chi connectivity index (χ2n) is 6.74. The zero-order valence-electron chi connectivity index (χ0n) is 15.5. The van der Waals surface area contributed by atoms with Crippen molar-refractivity contribution in [2.24, 2.45) is 0 Å². The second kappa shape index (κ2) is 7.47. The van der Waals surface area contributed by atoms with Crippen LogP contribution in [-0.2, 0) is 12.6 Å². The number of fused-ring (bicyclic) bond motifs is 1. The molecule has 1 aromatic carbocycles. The minimum atomic E-state index is -4.43. The highest BCUT2D eigenvalue weighted by Crippen LogP contribution is 2.33. The van der Waals surface area contributed by atoms with Gasteiger partial charge in [-0.05, 0) is 43.5 Å². The molecular formula is C20H17F3N4OS. The molecule has 1 N–H and O–H groups in total. The summed E-state index contributed by atoms with van der Waals surface area (Å²) in [7, 11) is 0. The summed E-state index contributed by atoms with van der Waals surface area (Å²) in [6.07, 6.45) is -2.89. The maximum Gasteiger partial charge on any atom is 0.416 e. The van der Waals surface area contributed by atoms with Gasteiger partial charge in [-0.2, -0.15) is 13.2 Å². The number of hydrogen-bond acceptors (Lipinski definition) is 4. The zero-order chi connectivity index (χ0) is 20.6. The summed E-state index contributed by atoms with van der Waals surface area (Å²) in [4.78, 5) is 23.1. The molecule has 3 aromatic rings. The quantitative estimate of drug-likeness (QED) is 0.596. The number of thiazole rings is 1. The molecule has 4 rings (SSSR count). The lowest BCUT2D eigenvalue weighted by molar-refractivity contribution is -0.137. The molecule has 1 aliphatic heterocycles. The molecule has 2 aromatic heterocycles. The number of benzene rings is 1. The van der Waals surface area contributed by atoms with Crippen molar-refractivity contribution in [2.75, 3.05) is 16.8 Å². The van der Waals surface area contributed by atoms with Crippen molar-refractivity contribution >= 4 is 28.3 Å². The molecule has 29 heavy (non-hydrogen) atoms. The van der Waals surface area contributed by atoms with Gasteiger partial charge in [-0.1, -0.05) is 18.2 Å². The number of nitrogens with one attached hydrogen (secondary N) is 1. The van der Waals surface area contributed by atoms with Crippen LogP contribution >= 0.6 is 11.3 Å². The zero-order valence-corrected chi connectivity index (χ0v) is 16.3. The number of carbonyl (C=O) groups is 1. The predicted octanol–water partition coefficient (Wildman–Crippen LogP) is 5.52. The number of hydrogen-bond donors (Lipinski definition) is 1. The second-order valence-corrected chi connectivity index (χ2v) is 7.60. The first-order valence-corrected chi connectivity index (χ1v) is 9.87. The molecule has 9 heteroatoms. The summed E-state index contributed by atoms with van der Waals surface area (Å²) >= 11 is 1.33. The molecule has 0 spiro atoms. The van der Waals surface area contributed by atoms with Gasteiger partial charge in [-0.25, -0.2) is 14.8 Å². The van der Waals surface area contributed by atoms with E-state index < -0.39 is 11.7 Å². The third kappa shape index (κ3) is 4.09. The molecule has 5 nitrogen and oxygen atoms in total. The Hall–Kier alpha value is -2.94. The van der Waals surface area contributed by atoms with Gasteiger partial charge in [0.25, 0.3) is 0 Å². The SMILES string of the molecule is Cc1csc(NC(=O)N2CCCc3ccc(-c4cccc(C(F)(F)F)c4)nc32)n1. The molecule has 3 heterocycles. The summed E-state index contributed by atoms with van der Waals surface area (Å²) in [5, 5.41) is 5.10. The van der Waals surface area contributed by atoms with E-state index in [1.165, 1.54) is 22.3 Å². The van der Waals surface area contributed by atoms with E-state index >= 15 is 0 Å². The van der Waals surface area contributed by atoms with E-state index in [1.54, 1.807) is 12.1 Å². The number of anilines is 2. The van der Waals surface area contributed by atoms with Crippen molar-refractivity contribution in [1.29, 1.82) is 0 Å². The van der Waals surface area contributed by atoms with E-state index in [4.69, 9.17) is 0 Å². The van der Waals surface area contributed by atoms with Gasteiger partial charge in [0, 0.05) is 17.5 Å². The Bertz CT molecular complexity index is 1060. The maximum absolute atomic E-state index is 13.0. The molecule has 0 atom stereocenters. The smallest absolute Gasteiger partial charge is 0.283 e. The van der Waals surface area contributed by atoms with Gasteiger partial charge >= 0.3 is 12.2 Å². The molecule has 0 saturated carbocycles. The van der Waals surface area contributed by atoms with Crippen LogP contribution in [0.25, 0.3) is 11.3 Å². The average molecular weight is 418 g/mol. The number of aromatic nitrogens is 2. The average Bonchev–Trinajstić information content (AvgIpc) is 3.11. The summed E-state index contributed by atoms with van der Waals surface area (Å²) in [6.45, 7) is 2.31. The van der Waals surface area contributed by atoms with Crippen LogP contribution in [0.15, 0.2) is 41.8 Å². The Balaban J connectivity index is 1.66. The lowest BCUT2D eigenvalue weighted by Crippen LogP contribution is -2.39. The van der Waals surface area contributed by atoms with Crippen LogP contribution in [0.3, 0.4) is 0 Å². The topological polar surface area (TPSA) is 58.1 Å². The van der Waals surface area contributed by atoms with E-state index in [0.29, 0.717) is 28.8 Å². The minimum Gasteiger partial charge on any atom is -0.283 e. The maximum atomic E-state index is 13.0. The fourth-order valence-corrected chi connectivity index (χ4v) is 3.90. The predicted molar refractivity (Wildman–Crippen MR) is 106 cm³/mol. The van der Waals surface area contributed by atoms with Crippen molar-refractivity contribution in [3.63, 3.8) is 0 Å². The van der Waals surface area contributed by atoms with Gasteiger partial charge in [0.2, 0.25) is 0 Å². The molecule has 0 bridgehead atoms. The van der Waals surface area contributed by atoms with Gasteiger partial charge in [0.15, 0.2) is 5.13 Å². The molecule has 2 amide bonds. The monoisotopic (exact) mass is 418 g/mol. The fourth-order valence-electron chi connectivity index (χ4n) is 3.22. The number of amides is 2. The molecular weight excluding hydrogens is 401 g/mol. The van der Waals surface area contributed by atoms with Crippen molar-refractivity contribution in [3.05, 3.63) is 58.6 Å². The third-order valence-electron chi connectivity index (χ3n) is 4.60. The molecule has 0 saturated heterocycles. The van der Waals surface area contributed by atoms with Crippen molar-refractivity contribution in [3.8, 4) is 11.3 Å². The van der Waals surface area contributed by atoms with Crippen molar-refractivity contribution < 1.29 is 18.0 Å². The largest absolute Gasteiger partial charge is 0.416 e. The number of aryl methyl sites for hydroxylation is 2. The standard InChI is InChI=1S/C20H17F3N4OS/c1-12-11-29-18(24-12)26-19(28)27-9-3-5-13-7-8-16(25-17(13)27)14-4-2-6-15(10-14)20(21,22)23/h2,4,6-8,10-11H,3,5,9H2,1H3,(H,24,26,28). The Kier molecular flexibility index (Phi) is 4.99. The van der Waals surface area contributed by atoms with Crippen LogP contribution in [0.4, 0.5) is 28.9 Å². The highest BCUT2D eigenvalue weighted by atomic mass is 32.1. The Morgan fingerprint density at radius 3 is 2.76 bits per heavy atom. The van der Waals surface area contributed by atoms with Gasteiger partial charge in [-0.3, -0.25) is 10.2 Å². The summed E-state index contributed by atoms with van der Waals surface area (Å²) < 4.78 is 39.1. The van der Waals surface area contributed by atoms with Gasteiger partial charge in [0.1, 0.15) is 5.82 Å². The van der Waals surface area contributed by atoms with Crippen LogP contribution in [0.5, 0.6) is 0 Å². The van der Waals surface area contributed by atoms with Crippen molar-refractivity contribution in [2.45, 2.75) is 25.9 Å². The number of rotatable bonds is 2. The van der Waals surface area contributed by atoms with E-state index in [9.17, 15) is 18.0 Å². The number of alkyl halides is 3. The number of carbonyl (C=O) groups excluding carboxylic acids is 1. The number of halogens is 3. The Labute approximate surface area is 169 Å². The fraction of sp³-hybridized carbons (Fsp3) is 0.250. The Morgan fingerprint density at radius 2 is 2.03 bits per heavy atom. The minimum absolute atomic E-state index is 0.351. The van der Waals surface area contributed by atoms with E-state index in [2.05, 4.69) is 15.3 Å². The molecule has 0 aliphatic carbocycles. The van der Waals surface area contributed by atoms with Gasteiger partial charge < -0.3 is 0 Å². The van der Waals surface area contributed by atoms with Gasteiger partial charge in [0.05, 0.1) is 17.0 Å². The first kappa shape index (κ1) is 19.4. The normalized spacial score (nSPS) is 13.9. The van der Waals surface area contributed by atoms with Crippen molar-refractivity contribution in [1.82, 2.24) is 9.97 Å². The summed E-state index contributed by atoms with van der Waals surface area (Å²) in [5.74, 6) is 0.469. The van der Waals surface area contributed by atoms with Crippen LogP contribution in [0, 0.1) is 6.92 Å². The highest BCUT2D eigenvalue weighted by Gasteiger charge is 2.31. The Morgan fingerprint density at radius 1 is 1.21 bits per heavy atom. The number of nitrogens with zero attached hydrogens (tertiary/aromatic N) is 3. The molecule has 0 radical (unpaired) electrons. The van der Waals surface area contributed by atoms with E-state index in [1.807, 2.05) is 18.4 Å². The number of pyridine rings is 1. The summed E-state index contributed by atoms with van der Waals surface area (Å²) in [5.41, 5.74) is 1.71. The van der Waals surface area contributed by atoms with Crippen LogP contribution in [0.1, 0.15) is 23.2 Å². The van der Waals surface area contributed by atoms with E-state index in [0.717, 1.165) is 36.2 Å². The highest BCUT2D eigenvalue weighted by molar-refractivity contribution is 7.13. The third-order valence-corrected chi connectivity index (χ3v) is 5.48. The van der Waals surface area contributed by atoms with Crippen LogP contribution < -0.4 is 10.2 Å². The van der Waals surface area contributed by atoms with Crippen LogP contribution in [0.2, 0.25) is 0 Å². The van der Waals surface area contributed by atoms with Gasteiger partial charge in [-0.15, -0.1) is 11.3 Å². The lowest BCUT2D eigenvalue weighted by atomic mass is 10.0. The molecule has 0 fully saturated rings. The molecule has 0 unspecified atom stereocenters. The van der Waals surface area contributed by atoms with Crippen LogP contribution in [-0.4, -0.2) is 22.5 Å². The number of urea groups is 1. The first-order chi connectivity index (χ1) is 13.8. The molecule has 150 valence electrons. The van der Waals surface area contributed by atoms with E-state index in [-0.39, 0.29) is 6.03 Å².